The molecule has 4 rings (SSSR count). The van der Waals surface area contributed by atoms with Crippen LogP contribution in [0.5, 0.6) is 0 Å². The molecule has 0 fully saturated rings. The van der Waals surface area contributed by atoms with Crippen LogP contribution in [-0.4, -0.2) is 25.2 Å². The second-order valence-electron chi connectivity index (χ2n) is 6.18. The lowest BCUT2D eigenvalue weighted by Gasteiger charge is -2.10. The average molecular weight is 367 g/mol. The molecule has 3 aromatic heterocycles. The molecule has 0 aliphatic rings. The Morgan fingerprint density at radius 3 is 2.81 bits per heavy atom. The lowest BCUT2D eigenvalue weighted by atomic mass is 9.98. The van der Waals surface area contributed by atoms with Crippen molar-refractivity contribution in [3.05, 3.63) is 69.2 Å². The van der Waals surface area contributed by atoms with E-state index in [1.54, 1.807) is 22.4 Å². The zero-order chi connectivity index (χ0) is 18.4. The van der Waals surface area contributed by atoms with Crippen molar-refractivity contribution in [2.24, 2.45) is 12.8 Å². The summed E-state index contributed by atoms with van der Waals surface area (Å²) in [6, 6.07) is 11.4. The number of aromatic amines is 1. The van der Waals surface area contributed by atoms with Crippen molar-refractivity contribution < 1.29 is 4.79 Å². The SMILES string of the molecule is CC(c1ccc2[nH]c(=O)sc2c1)c1ccn(-c2ccc(C(N)=O)n2C)n1. The molecule has 132 valence electrons. The molecular weight excluding hydrogens is 350 g/mol. The highest BCUT2D eigenvalue weighted by Crippen LogP contribution is 2.27. The first kappa shape index (κ1) is 16.3. The Labute approximate surface area is 152 Å². The highest BCUT2D eigenvalue weighted by molar-refractivity contribution is 7.16. The average Bonchev–Trinajstić information content (AvgIpc) is 3.30. The number of carbonyl (C=O) groups excluding carboxylic acids is 1. The van der Waals surface area contributed by atoms with E-state index >= 15 is 0 Å². The predicted octanol–water partition coefficient (Wildman–Crippen LogP) is 2.36. The maximum absolute atomic E-state index is 11.5. The van der Waals surface area contributed by atoms with Crippen molar-refractivity contribution in [3.8, 4) is 5.82 Å². The van der Waals surface area contributed by atoms with Gasteiger partial charge in [0, 0.05) is 19.2 Å². The first-order chi connectivity index (χ1) is 12.4. The van der Waals surface area contributed by atoms with Gasteiger partial charge in [-0.25, -0.2) is 4.68 Å². The minimum atomic E-state index is -0.474. The van der Waals surface area contributed by atoms with E-state index in [9.17, 15) is 9.59 Å². The monoisotopic (exact) mass is 367 g/mol. The van der Waals surface area contributed by atoms with Crippen LogP contribution in [0.1, 0.15) is 34.6 Å². The number of benzene rings is 1. The van der Waals surface area contributed by atoms with Gasteiger partial charge < -0.3 is 15.3 Å². The van der Waals surface area contributed by atoms with E-state index in [4.69, 9.17) is 5.73 Å². The fourth-order valence-electron chi connectivity index (χ4n) is 3.08. The third-order valence-electron chi connectivity index (χ3n) is 4.58. The van der Waals surface area contributed by atoms with Crippen molar-refractivity contribution in [1.82, 2.24) is 19.3 Å². The van der Waals surface area contributed by atoms with Gasteiger partial charge in [0.1, 0.15) is 11.5 Å². The highest BCUT2D eigenvalue weighted by atomic mass is 32.1. The first-order valence-corrected chi connectivity index (χ1v) is 8.90. The molecule has 1 atom stereocenters. The third kappa shape index (κ3) is 2.64. The molecule has 26 heavy (non-hydrogen) atoms. The van der Waals surface area contributed by atoms with E-state index in [1.807, 2.05) is 36.5 Å². The van der Waals surface area contributed by atoms with Crippen LogP contribution in [0.4, 0.5) is 0 Å². The minimum absolute atomic E-state index is 0.0527. The van der Waals surface area contributed by atoms with Gasteiger partial charge >= 0.3 is 4.87 Å². The van der Waals surface area contributed by atoms with Crippen LogP contribution < -0.4 is 10.6 Å². The summed E-state index contributed by atoms with van der Waals surface area (Å²) in [7, 11) is 1.78. The lowest BCUT2D eigenvalue weighted by Crippen LogP contribution is -2.16. The summed E-state index contributed by atoms with van der Waals surface area (Å²) in [4.78, 5) is 25.7. The molecule has 7 nitrogen and oxygen atoms in total. The molecule has 0 aliphatic heterocycles. The largest absolute Gasteiger partial charge is 0.364 e. The number of H-pyrrole nitrogens is 1. The van der Waals surface area contributed by atoms with Crippen LogP contribution in [0.3, 0.4) is 0 Å². The number of nitrogens with one attached hydrogen (secondary N) is 1. The van der Waals surface area contributed by atoms with Crippen molar-refractivity contribution in [1.29, 1.82) is 0 Å². The molecule has 1 amide bonds. The number of nitrogens with two attached hydrogens (primary N) is 1. The number of primary amides is 1. The van der Waals surface area contributed by atoms with E-state index in [2.05, 4.69) is 17.0 Å². The van der Waals surface area contributed by atoms with Gasteiger partial charge in [0.25, 0.3) is 5.91 Å². The Hall–Kier alpha value is -3.13. The van der Waals surface area contributed by atoms with Gasteiger partial charge in [0.05, 0.1) is 15.9 Å². The number of amides is 1. The van der Waals surface area contributed by atoms with Crippen LogP contribution in [0.15, 0.2) is 47.4 Å². The predicted molar refractivity (Wildman–Crippen MR) is 101 cm³/mol. The topological polar surface area (TPSA) is 98.7 Å². The summed E-state index contributed by atoms with van der Waals surface area (Å²) in [5.74, 6) is 0.351. The summed E-state index contributed by atoms with van der Waals surface area (Å²) in [6.07, 6.45) is 1.86. The molecule has 0 bridgehead atoms. The summed E-state index contributed by atoms with van der Waals surface area (Å²) >= 11 is 1.20. The van der Waals surface area contributed by atoms with Gasteiger partial charge in [-0.05, 0) is 35.9 Å². The Morgan fingerprint density at radius 1 is 1.27 bits per heavy atom. The zero-order valence-corrected chi connectivity index (χ0v) is 15.1. The number of rotatable bonds is 4. The number of hydrogen-bond donors (Lipinski definition) is 2. The molecule has 0 saturated heterocycles. The van der Waals surface area contributed by atoms with Crippen LogP contribution >= 0.6 is 11.3 Å². The Balaban J connectivity index is 1.68. The normalized spacial score (nSPS) is 12.5. The number of nitrogens with zero attached hydrogens (tertiary/aromatic N) is 3. The van der Waals surface area contributed by atoms with Gasteiger partial charge in [-0.3, -0.25) is 9.59 Å². The fraction of sp³-hybridized carbons (Fsp3) is 0.167. The highest BCUT2D eigenvalue weighted by Gasteiger charge is 2.16. The molecule has 4 aromatic rings. The smallest absolute Gasteiger partial charge is 0.305 e. The second-order valence-corrected chi connectivity index (χ2v) is 7.19. The maximum Gasteiger partial charge on any atom is 0.305 e. The van der Waals surface area contributed by atoms with Gasteiger partial charge in [0.2, 0.25) is 0 Å². The van der Waals surface area contributed by atoms with E-state index in [-0.39, 0.29) is 10.8 Å². The van der Waals surface area contributed by atoms with Gasteiger partial charge in [-0.1, -0.05) is 24.3 Å². The Bertz CT molecular complexity index is 1180. The van der Waals surface area contributed by atoms with E-state index < -0.39 is 5.91 Å². The number of aromatic nitrogens is 4. The Kier molecular flexibility index (Phi) is 3.77. The molecule has 1 unspecified atom stereocenters. The second kappa shape index (κ2) is 5.99. The van der Waals surface area contributed by atoms with Crippen LogP contribution in [0.25, 0.3) is 16.0 Å². The van der Waals surface area contributed by atoms with Crippen LogP contribution in [0, 0.1) is 0 Å². The quantitative estimate of drug-likeness (QED) is 0.579. The van der Waals surface area contributed by atoms with Crippen LogP contribution in [-0.2, 0) is 7.05 Å². The molecular formula is C18H17N5O2S. The molecule has 1 aromatic carbocycles. The number of fused-ring (bicyclic) bond motifs is 1. The molecule has 3 heterocycles. The third-order valence-corrected chi connectivity index (χ3v) is 5.43. The standard InChI is InChI=1S/C18H17N5O2S/c1-10(11-3-4-13-15(9-11)26-18(25)20-13)12-7-8-23(21-12)16-6-5-14(17(19)24)22(16)2/h3-10H,1-2H3,(H2,19,24)(H,20,25). The van der Waals surface area contributed by atoms with Gasteiger partial charge in [-0.15, -0.1) is 0 Å². The van der Waals surface area contributed by atoms with Gasteiger partial charge in [-0.2, -0.15) is 5.10 Å². The fourth-order valence-corrected chi connectivity index (χ4v) is 3.86. The lowest BCUT2D eigenvalue weighted by molar-refractivity contribution is 0.0992. The van der Waals surface area contributed by atoms with Crippen LogP contribution in [0.2, 0.25) is 0 Å². The van der Waals surface area contributed by atoms with Crippen molar-refractivity contribution in [2.75, 3.05) is 0 Å². The first-order valence-electron chi connectivity index (χ1n) is 8.08. The summed E-state index contributed by atoms with van der Waals surface area (Å²) in [5.41, 5.74) is 8.63. The Morgan fingerprint density at radius 2 is 2.08 bits per heavy atom. The molecule has 0 aliphatic carbocycles. The number of hydrogen-bond acceptors (Lipinski definition) is 4. The van der Waals surface area contributed by atoms with E-state index in [0.717, 1.165) is 27.3 Å². The molecule has 3 N–H and O–H groups in total. The number of carbonyl (C=O) groups is 1. The van der Waals surface area contributed by atoms with Crippen molar-refractivity contribution >= 4 is 27.5 Å². The minimum Gasteiger partial charge on any atom is -0.364 e. The summed E-state index contributed by atoms with van der Waals surface area (Å²) in [5, 5.41) is 4.65. The van der Waals surface area contributed by atoms with Gasteiger partial charge in [0.15, 0.2) is 0 Å². The summed E-state index contributed by atoms with van der Waals surface area (Å²) in [6.45, 7) is 2.07. The molecule has 0 spiro atoms. The van der Waals surface area contributed by atoms with Crippen molar-refractivity contribution in [2.45, 2.75) is 12.8 Å². The molecule has 8 heteroatoms. The van der Waals surface area contributed by atoms with E-state index in [1.165, 1.54) is 11.3 Å². The summed E-state index contributed by atoms with van der Waals surface area (Å²) < 4.78 is 4.38. The van der Waals surface area contributed by atoms with Crippen molar-refractivity contribution in [3.63, 3.8) is 0 Å². The molecule has 0 radical (unpaired) electrons. The molecule has 0 saturated carbocycles. The number of thiazole rings is 1. The zero-order valence-electron chi connectivity index (χ0n) is 14.3. The maximum atomic E-state index is 11.5. The van der Waals surface area contributed by atoms with E-state index in [0.29, 0.717) is 5.69 Å².